The smallest absolute Gasteiger partial charge is 0.108 e. The van der Waals surface area contributed by atoms with Crippen molar-refractivity contribution in [2.24, 2.45) is 5.18 Å². The molecule has 0 aliphatic heterocycles. The van der Waals surface area contributed by atoms with Crippen molar-refractivity contribution in [3.8, 4) is 0 Å². The molecule has 0 spiro atoms. The Bertz CT molecular complexity index is 208. The van der Waals surface area contributed by atoms with Crippen LogP contribution in [0.5, 0.6) is 0 Å². The maximum atomic E-state index is 9.86. The van der Waals surface area contributed by atoms with Crippen LogP contribution < -0.4 is 5.30 Å². The summed E-state index contributed by atoms with van der Waals surface area (Å²) in [5.74, 6) is 0. The summed E-state index contributed by atoms with van der Waals surface area (Å²) in [6, 6.07) is 6.99. The molecule has 0 aromatic heterocycles. The first kappa shape index (κ1) is 10.2. The second-order valence-corrected chi connectivity index (χ2v) is 2.35. The summed E-state index contributed by atoms with van der Waals surface area (Å²) in [4.78, 5) is 9.86. The lowest BCUT2D eigenvalue weighted by atomic mass is 10.3. The second-order valence-electron chi connectivity index (χ2n) is 1.68. The third-order valence-corrected chi connectivity index (χ3v) is 1.38. The van der Waals surface area contributed by atoms with Crippen LogP contribution in [0.1, 0.15) is 13.8 Å². The van der Waals surface area contributed by atoms with Gasteiger partial charge in [0.1, 0.15) is 5.69 Å². The topological polar surface area (TPSA) is 29.4 Å². The first-order chi connectivity index (χ1) is 5.33. The molecule has 0 aliphatic rings. The quantitative estimate of drug-likeness (QED) is 0.469. The molecule has 0 fully saturated rings. The molecule has 1 aromatic carbocycles. The Morgan fingerprint density at radius 2 is 1.64 bits per heavy atom. The van der Waals surface area contributed by atoms with Gasteiger partial charge in [0, 0.05) is 0 Å². The normalized spacial score (nSPS) is 7.91. The van der Waals surface area contributed by atoms with E-state index in [4.69, 9.17) is 0 Å². The van der Waals surface area contributed by atoms with Gasteiger partial charge in [0.05, 0.1) is 0 Å². The van der Waals surface area contributed by atoms with Crippen LogP contribution in [0, 0.1) is 4.91 Å². The van der Waals surface area contributed by atoms with E-state index < -0.39 is 0 Å². The Morgan fingerprint density at radius 1 is 1.18 bits per heavy atom. The summed E-state index contributed by atoms with van der Waals surface area (Å²) in [7, 11) is 2.53. The summed E-state index contributed by atoms with van der Waals surface area (Å²) in [6.45, 7) is 4.00. The van der Waals surface area contributed by atoms with E-state index in [2.05, 4.69) is 14.4 Å². The number of hydrogen-bond acceptors (Lipinski definition) is 2. The average Bonchev–Trinajstić information content (AvgIpc) is 2.10. The van der Waals surface area contributed by atoms with E-state index in [0.717, 1.165) is 5.30 Å². The van der Waals surface area contributed by atoms with Crippen LogP contribution in [-0.4, -0.2) is 0 Å². The molecule has 1 aromatic rings. The Labute approximate surface area is 69.2 Å². The molecule has 60 valence electrons. The highest BCUT2D eigenvalue weighted by atomic mass is 31.0. The van der Waals surface area contributed by atoms with Crippen LogP contribution in [0.15, 0.2) is 29.4 Å². The molecular formula is C8H12NOP. The second kappa shape index (κ2) is 5.99. The van der Waals surface area contributed by atoms with Gasteiger partial charge in [0.25, 0.3) is 0 Å². The Kier molecular flexibility index (Phi) is 5.58. The standard InChI is InChI=1S/C6H6NOP.C2H6/c8-7-5-1-3-6(9)4-2-5;1-2/h1-4H,9H2;1-2H3. The third-order valence-electron chi connectivity index (χ3n) is 0.998. The average molecular weight is 169 g/mol. The summed E-state index contributed by atoms with van der Waals surface area (Å²) in [5.41, 5.74) is 0.473. The fourth-order valence-electron chi connectivity index (χ4n) is 0.535. The zero-order valence-electron chi connectivity index (χ0n) is 6.74. The molecular weight excluding hydrogens is 157 g/mol. The molecule has 0 saturated heterocycles. The van der Waals surface area contributed by atoms with Gasteiger partial charge < -0.3 is 0 Å². The number of hydrogen-bond donors (Lipinski definition) is 0. The minimum atomic E-state index is 0.473. The van der Waals surface area contributed by atoms with E-state index in [1.807, 2.05) is 26.0 Å². The molecule has 11 heavy (non-hydrogen) atoms. The van der Waals surface area contributed by atoms with Gasteiger partial charge in [-0.25, -0.2) is 0 Å². The van der Waals surface area contributed by atoms with Crippen LogP contribution in [-0.2, 0) is 0 Å². The van der Waals surface area contributed by atoms with Crippen LogP contribution in [0.4, 0.5) is 5.69 Å². The summed E-state index contributed by atoms with van der Waals surface area (Å²) < 4.78 is 0. The van der Waals surface area contributed by atoms with Crippen molar-refractivity contribution in [3.63, 3.8) is 0 Å². The fraction of sp³-hybridized carbons (Fsp3) is 0.250. The molecule has 1 rings (SSSR count). The van der Waals surface area contributed by atoms with E-state index in [1.54, 1.807) is 12.1 Å². The highest BCUT2D eigenvalue weighted by Gasteiger charge is 1.86. The van der Waals surface area contributed by atoms with Gasteiger partial charge in [-0.1, -0.05) is 26.0 Å². The fourth-order valence-corrected chi connectivity index (χ4v) is 0.728. The lowest BCUT2D eigenvalue weighted by Crippen LogP contribution is -1.83. The molecule has 2 nitrogen and oxygen atoms in total. The molecule has 0 N–H and O–H groups in total. The number of benzene rings is 1. The van der Waals surface area contributed by atoms with Gasteiger partial charge in [-0.2, -0.15) is 0 Å². The van der Waals surface area contributed by atoms with Crippen LogP contribution >= 0.6 is 9.24 Å². The maximum Gasteiger partial charge on any atom is 0.108 e. The van der Waals surface area contributed by atoms with Crippen molar-refractivity contribution in [2.75, 3.05) is 0 Å². The molecule has 0 radical (unpaired) electrons. The van der Waals surface area contributed by atoms with Crippen molar-refractivity contribution < 1.29 is 0 Å². The van der Waals surface area contributed by atoms with Crippen molar-refractivity contribution in [2.45, 2.75) is 13.8 Å². The number of nitrogens with zero attached hydrogens (tertiary/aromatic N) is 1. The zero-order chi connectivity index (χ0) is 8.69. The third kappa shape index (κ3) is 3.84. The summed E-state index contributed by atoms with van der Waals surface area (Å²) in [6.07, 6.45) is 0. The zero-order valence-corrected chi connectivity index (χ0v) is 7.90. The van der Waals surface area contributed by atoms with Gasteiger partial charge in [-0.15, -0.1) is 14.1 Å². The van der Waals surface area contributed by atoms with Gasteiger partial charge in [0.15, 0.2) is 0 Å². The highest BCUT2D eigenvalue weighted by Crippen LogP contribution is 2.07. The van der Waals surface area contributed by atoms with Crippen molar-refractivity contribution in [1.82, 2.24) is 0 Å². The van der Waals surface area contributed by atoms with E-state index in [-0.39, 0.29) is 0 Å². The largest absolute Gasteiger partial charge is 0.145 e. The summed E-state index contributed by atoms with van der Waals surface area (Å²) in [5, 5.41) is 3.81. The minimum absolute atomic E-state index is 0.473. The SMILES string of the molecule is CC.O=Nc1ccc(P)cc1. The number of rotatable bonds is 1. The maximum absolute atomic E-state index is 9.86. The molecule has 0 amide bonds. The van der Waals surface area contributed by atoms with E-state index in [1.165, 1.54) is 0 Å². The minimum Gasteiger partial charge on any atom is -0.145 e. The first-order valence-electron chi connectivity index (χ1n) is 3.52. The molecule has 0 heterocycles. The van der Waals surface area contributed by atoms with Crippen LogP contribution in [0.25, 0.3) is 0 Å². The van der Waals surface area contributed by atoms with E-state index >= 15 is 0 Å². The monoisotopic (exact) mass is 169 g/mol. The first-order valence-corrected chi connectivity index (χ1v) is 4.09. The molecule has 0 saturated carbocycles. The predicted molar refractivity (Wildman–Crippen MR) is 52.6 cm³/mol. The number of nitroso groups, excluding NO2 is 1. The lowest BCUT2D eigenvalue weighted by Gasteiger charge is -1.88. The van der Waals surface area contributed by atoms with E-state index in [0.29, 0.717) is 5.69 Å². The molecule has 1 atom stereocenters. The lowest BCUT2D eigenvalue weighted by molar-refractivity contribution is 1.50. The van der Waals surface area contributed by atoms with Crippen molar-refractivity contribution in [1.29, 1.82) is 0 Å². The van der Waals surface area contributed by atoms with Gasteiger partial charge in [-0.3, -0.25) is 0 Å². The molecule has 3 heteroatoms. The van der Waals surface area contributed by atoms with Crippen LogP contribution in [0.2, 0.25) is 0 Å². The molecule has 1 unspecified atom stereocenters. The van der Waals surface area contributed by atoms with Crippen molar-refractivity contribution in [3.05, 3.63) is 29.2 Å². The Morgan fingerprint density at radius 3 is 2.00 bits per heavy atom. The van der Waals surface area contributed by atoms with Crippen LogP contribution in [0.3, 0.4) is 0 Å². The summed E-state index contributed by atoms with van der Waals surface area (Å²) >= 11 is 0. The van der Waals surface area contributed by atoms with Gasteiger partial charge in [0.2, 0.25) is 0 Å². The van der Waals surface area contributed by atoms with Crippen molar-refractivity contribution >= 4 is 20.2 Å². The van der Waals surface area contributed by atoms with Gasteiger partial charge in [-0.05, 0) is 22.6 Å². The highest BCUT2D eigenvalue weighted by molar-refractivity contribution is 7.27. The molecule has 0 aliphatic carbocycles. The van der Waals surface area contributed by atoms with E-state index in [9.17, 15) is 4.91 Å². The predicted octanol–water partition coefficient (Wildman–Crippen LogP) is 2.61. The van der Waals surface area contributed by atoms with Gasteiger partial charge >= 0.3 is 0 Å². The Balaban J connectivity index is 0.000000461. The molecule has 0 bridgehead atoms. The Hall–Kier alpha value is -0.750.